The number of carbonyl (C=O) groups excluding carboxylic acids is 1. The lowest BCUT2D eigenvalue weighted by Crippen LogP contribution is -2.25. The number of ether oxygens (including phenoxy) is 2. The molecule has 0 unspecified atom stereocenters. The van der Waals surface area contributed by atoms with E-state index in [1.807, 2.05) is 6.07 Å². The Balaban J connectivity index is 2.45. The molecule has 0 aromatic heterocycles. The lowest BCUT2D eigenvalue weighted by molar-refractivity contribution is 0.139. The van der Waals surface area contributed by atoms with Crippen molar-refractivity contribution in [3.05, 3.63) is 23.3 Å². The fourth-order valence-electron chi connectivity index (χ4n) is 2.48. The van der Waals surface area contributed by atoms with E-state index >= 15 is 0 Å². The minimum atomic E-state index is -0.479. The van der Waals surface area contributed by atoms with E-state index in [-0.39, 0.29) is 5.60 Å². The average Bonchev–Trinajstić information content (AvgIpc) is 2.64. The molecule has 2 rings (SSSR count). The molecule has 0 aliphatic carbocycles. The van der Waals surface area contributed by atoms with Gasteiger partial charge in [-0.1, -0.05) is 19.9 Å². The molecule has 1 amide bonds. The Morgan fingerprint density at radius 1 is 1.42 bits per heavy atom. The van der Waals surface area contributed by atoms with Gasteiger partial charge in [0.15, 0.2) is 0 Å². The summed E-state index contributed by atoms with van der Waals surface area (Å²) < 4.78 is 10.6. The molecule has 1 aromatic carbocycles. The molecule has 1 N–H and O–H groups in total. The molecule has 1 aliphatic heterocycles. The largest absolute Gasteiger partial charge is 0.485 e. The summed E-state index contributed by atoms with van der Waals surface area (Å²) in [4.78, 5) is 11.4. The number of fused-ring (bicyclic) bond motifs is 1. The van der Waals surface area contributed by atoms with Crippen molar-refractivity contribution in [3.8, 4) is 5.75 Å². The maximum atomic E-state index is 11.4. The van der Waals surface area contributed by atoms with E-state index < -0.39 is 6.09 Å². The summed E-state index contributed by atoms with van der Waals surface area (Å²) in [5.74, 6) is 1.21. The van der Waals surface area contributed by atoms with Crippen molar-refractivity contribution in [2.24, 2.45) is 0 Å². The van der Waals surface area contributed by atoms with Gasteiger partial charge in [0.25, 0.3) is 0 Å². The highest BCUT2D eigenvalue weighted by Gasteiger charge is 2.34. The minimum Gasteiger partial charge on any atom is -0.485 e. The van der Waals surface area contributed by atoms with Crippen LogP contribution in [0.25, 0.3) is 0 Å². The summed E-state index contributed by atoms with van der Waals surface area (Å²) in [6, 6.07) is 3.94. The number of amides is 1. The Labute approximate surface area is 114 Å². The number of carbonyl (C=O) groups is 1. The van der Waals surface area contributed by atoms with Crippen LogP contribution < -0.4 is 10.1 Å². The summed E-state index contributed by atoms with van der Waals surface area (Å²) >= 11 is 0. The van der Waals surface area contributed by atoms with Gasteiger partial charge >= 0.3 is 6.09 Å². The molecule has 0 atom stereocenters. The van der Waals surface area contributed by atoms with Crippen molar-refractivity contribution in [3.63, 3.8) is 0 Å². The van der Waals surface area contributed by atoms with Gasteiger partial charge in [-0.2, -0.15) is 0 Å². The Hall–Kier alpha value is -1.71. The van der Waals surface area contributed by atoms with E-state index in [9.17, 15) is 4.79 Å². The molecule has 1 aromatic rings. The van der Waals surface area contributed by atoms with Crippen LogP contribution in [0.1, 0.15) is 44.7 Å². The SMILES string of the molecule is COC(=O)Nc1ccc(C(C)C)c2c1OC(C)(C)C2. The van der Waals surface area contributed by atoms with E-state index in [2.05, 4.69) is 43.8 Å². The topological polar surface area (TPSA) is 47.6 Å². The second-order valence-electron chi connectivity index (χ2n) is 5.82. The smallest absolute Gasteiger partial charge is 0.411 e. The number of hydrogen-bond acceptors (Lipinski definition) is 3. The van der Waals surface area contributed by atoms with Crippen molar-refractivity contribution in [2.45, 2.75) is 45.6 Å². The first-order valence-corrected chi connectivity index (χ1v) is 6.54. The molecule has 0 spiro atoms. The lowest BCUT2D eigenvalue weighted by atomic mass is 9.91. The predicted octanol–water partition coefficient (Wildman–Crippen LogP) is 3.70. The maximum absolute atomic E-state index is 11.4. The average molecular weight is 263 g/mol. The molecular formula is C15H21NO3. The highest BCUT2D eigenvalue weighted by atomic mass is 16.5. The van der Waals surface area contributed by atoms with Gasteiger partial charge in [-0.3, -0.25) is 5.32 Å². The highest BCUT2D eigenvalue weighted by molar-refractivity contribution is 5.87. The standard InChI is InChI=1S/C15H21NO3/c1-9(2)10-6-7-12(16-14(17)18-5)13-11(10)8-15(3,4)19-13/h6-7,9H,8H2,1-5H3,(H,16,17). The van der Waals surface area contributed by atoms with Crippen LogP contribution in [0.15, 0.2) is 12.1 Å². The van der Waals surface area contributed by atoms with Gasteiger partial charge in [0, 0.05) is 12.0 Å². The van der Waals surface area contributed by atoms with E-state index in [1.54, 1.807) is 0 Å². The first-order chi connectivity index (χ1) is 8.84. The van der Waals surface area contributed by atoms with Gasteiger partial charge < -0.3 is 9.47 Å². The zero-order chi connectivity index (χ0) is 14.2. The molecule has 1 aliphatic rings. The Morgan fingerprint density at radius 2 is 2.11 bits per heavy atom. The Bertz CT molecular complexity index is 506. The maximum Gasteiger partial charge on any atom is 0.411 e. The van der Waals surface area contributed by atoms with Gasteiger partial charge in [0.1, 0.15) is 11.4 Å². The van der Waals surface area contributed by atoms with Crippen LogP contribution in [0.4, 0.5) is 10.5 Å². The van der Waals surface area contributed by atoms with E-state index in [4.69, 9.17) is 4.74 Å². The van der Waals surface area contributed by atoms with Crippen LogP contribution in [-0.2, 0) is 11.2 Å². The molecule has 104 valence electrons. The van der Waals surface area contributed by atoms with Crippen LogP contribution in [0.3, 0.4) is 0 Å². The Kier molecular flexibility index (Phi) is 3.43. The van der Waals surface area contributed by atoms with Crippen LogP contribution in [-0.4, -0.2) is 18.8 Å². The Morgan fingerprint density at radius 3 is 2.68 bits per heavy atom. The van der Waals surface area contributed by atoms with Crippen molar-refractivity contribution < 1.29 is 14.3 Å². The summed E-state index contributed by atoms with van der Waals surface area (Å²) in [5.41, 5.74) is 2.90. The number of hydrogen-bond donors (Lipinski definition) is 1. The van der Waals surface area contributed by atoms with Gasteiger partial charge in [-0.05, 0) is 31.4 Å². The molecule has 19 heavy (non-hydrogen) atoms. The van der Waals surface area contributed by atoms with Gasteiger partial charge in [-0.15, -0.1) is 0 Å². The third-order valence-electron chi connectivity index (χ3n) is 3.32. The summed E-state index contributed by atoms with van der Waals surface area (Å²) in [6.07, 6.45) is 0.375. The first-order valence-electron chi connectivity index (χ1n) is 6.54. The molecule has 0 bridgehead atoms. The van der Waals surface area contributed by atoms with Crippen LogP contribution in [0.2, 0.25) is 0 Å². The number of anilines is 1. The number of methoxy groups -OCH3 is 1. The van der Waals surface area contributed by atoms with Gasteiger partial charge in [-0.25, -0.2) is 4.79 Å². The fraction of sp³-hybridized carbons (Fsp3) is 0.533. The van der Waals surface area contributed by atoms with Gasteiger partial charge in [0.2, 0.25) is 0 Å². The van der Waals surface area contributed by atoms with Crippen molar-refractivity contribution in [1.29, 1.82) is 0 Å². The zero-order valence-electron chi connectivity index (χ0n) is 12.2. The van der Waals surface area contributed by atoms with E-state index in [1.165, 1.54) is 18.2 Å². The van der Waals surface area contributed by atoms with E-state index in [0.29, 0.717) is 11.6 Å². The lowest BCUT2D eigenvalue weighted by Gasteiger charge is -2.18. The van der Waals surface area contributed by atoms with E-state index in [0.717, 1.165) is 12.2 Å². The molecule has 4 heteroatoms. The molecule has 0 saturated carbocycles. The fourth-order valence-corrected chi connectivity index (χ4v) is 2.48. The third kappa shape index (κ3) is 2.67. The molecule has 1 heterocycles. The number of nitrogens with one attached hydrogen (secondary N) is 1. The van der Waals surface area contributed by atoms with Crippen LogP contribution in [0.5, 0.6) is 5.75 Å². The zero-order valence-corrected chi connectivity index (χ0v) is 12.2. The highest BCUT2D eigenvalue weighted by Crippen LogP contribution is 2.44. The van der Waals surface area contributed by atoms with Crippen molar-refractivity contribution in [1.82, 2.24) is 0 Å². The molecule has 4 nitrogen and oxygen atoms in total. The third-order valence-corrected chi connectivity index (χ3v) is 3.32. The van der Waals surface area contributed by atoms with Gasteiger partial charge in [0.05, 0.1) is 12.8 Å². The minimum absolute atomic E-state index is 0.236. The molecule has 0 fully saturated rings. The quantitative estimate of drug-likeness (QED) is 0.885. The number of rotatable bonds is 2. The van der Waals surface area contributed by atoms with Crippen LogP contribution >= 0.6 is 0 Å². The summed E-state index contributed by atoms with van der Waals surface area (Å²) in [7, 11) is 1.35. The van der Waals surface area contributed by atoms with Crippen LogP contribution in [0, 0.1) is 0 Å². The first kappa shape index (κ1) is 13.7. The molecular weight excluding hydrogens is 242 g/mol. The second kappa shape index (κ2) is 4.76. The van der Waals surface area contributed by atoms with Crippen molar-refractivity contribution in [2.75, 3.05) is 12.4 Å². The molecule has 0 saturated heterocycles. The monoisotopic (exact) mass is 263 g/mol. The second-order valence-corrected chi connectivity index (χ2v) is 5.82. The summed E-state index contributed by atoms with van der Waals surface area (Å²) in [6.45, 7) is 8.43. The predicted molar refractivity (Wildman–Crippen MR) is 75.0 cm³/mol. The molecule has 0 radical (unpaired) electrons. The normalized spacial score (nSPS) is 15.9. The number of benzene rings is 1. The summed E-state index contributed by atoms with van der Waals surface area (Å²) in [5, 5.41) is 2.71. The van der Waals surface area contributed by atoms with Crippen molar-refractivity contribution >= 4 is 11.8 Å².